The minimum absolute atomic E-state index is 0.0106. The zero-order valence-corrected chi connectivity index (χ0v) is 7.77. The van der Waals surface area contributed by atoms with Gasteiger partial charge in [-0.3, -0.25) is 0 Å². The van der Waals surface area contributed by atoms with Crippen LogP contribution >= 0.6 is 0 Å². The number of anilines is 1. The Labute approximate surface area is 83.5 Å². The lowest BCUT2D eigenvalue weighted by Crippen LogP contribution is -2.06. The van der Waals surface area contributed by atoms with Gasteiger partial charge in [0.1, 0.15) is 5.56 Å². The first-order valence-corrected chi connectivity index (χ1v) is 4.01. The number of nitrogens with two attached hydrogens (primary N) is 1. The van der Waals surface area contributed by atoms with E-state index in [1.54, 1.807) is 0 Å². The summed E-state index contributed by atoms with van der Waals surface area (Å²) in [4.78, 5) is 14.9. The Bertz CT molecular complexity index is 537. The van der Waals surface area contributed by atoms with Crippen molar-refractivity contribution < 1.29 is 13.9 Å². The molecule has 78 valence electrons. The predicted molar refractivity (Wildman–Crippen MR) is 48.7 cm³/mol. The summed E-state index contributed by atoms with van der Waals surface area (Å²) in [6.07, 6.45) is 1.02. The summed E-state index contributed by atoms with van der Waals surface area (Å²) in [5.41, 5.74) is 5.41. The van der Waals surface area contributed by atoms with Gasteiger partial charge in [0, 0.05) is 6.07 Å². The molecule has 0 saturated heterocycles. The average molecular weight is 210 g/mol. The first-order chi connectivity index (χ1) is 7.11. The number of rotatable bonds is 1. The lowest BCUT2D eigenvalue weighted by atomic mass is 10.2. The molecule has 2 aromatic rings. The minimum atomic E-state index is -0.767. The van der Waals surface area contributed by atoms with E-state index in [9.17, 15) is 9.18 Å². The molecule has 0 aliphatic rings. The topological polar surface area (TPSA) is 82.5 Å². The van der Waals surface area contributed by atoms with Crippen LogP contribution in [-0.2, 0) is 4.74 Å². The second-order valence-corrected chi connectivity index (χ2v) is 2.80. The molecule has 0 fully saturated rings. The van der Waals surface area contributed by atoms with E-state index in [1.807, 2.05) is 0 Å². The van der Waals surface area contributed by atoms with Crippen molar-refractivity contribution in [1.29, 1.82) is 0 Å². The lowest BCUT2D eigenvalue weighted by molar-refractivity contribution is 0.0595. The molecule has 0 spiro atoms. The van der Waals surface area contributed by atoms with Crippen molar-refractivity contribution in [1.82, 2.24) is 14.6 Å². The Morgan fingerprint density at radius 3 is 3.07 bits per heavy atom. The summed E-state index contributed by atoms with van der Waals surface area (Å²) in [7, 11) is 1.17. The van der Waals surface area contributed by atoms with Gasteiger partial charge in [0.05, 0.1) is 13.3 Å². The molecule has 0 bridgehead atoms. The van der Waals surface area contributed by atoms with Crippen molar-refractivity contribution in [3.63, 3.8) is 0 Å². The van der Waals surface area contributed by atoms with Gasteiger partial charge in [-0.15, -0.1) is 5.10 Å². The molecule has 0 radical (unpaired) electrons. The van der Waals surface area contributed by atoms with E-state index < -0.39 is 11.8 Å². The number of carbonyl (C=O) groups is 1. The molecule has 2 aromatic heterocycles. The number of hydrogen-bond donors (Lipinski definition) is 1. The monoisotopic (exact) mass is 210 g/mol. The SMILES string of the molecule is COC(=O)c1cc2nc(N)nn2cc1F. The van der Waals surface area contributed by atoms with Gasteiger partial charge in [0.15, 0.2) is 11.5 Å². The molecular formula is C8H7FN4O2. The largest absolute Gasteiger partial charge is 0.465 e. The number of aromatic nitrogens is 3. The van der Waals surface area contributed by atoms with Crippen molar-refractivity contribution in [3.05, 3.63) is 23.6 Å². The van der Waals surface area contributed by atoms with Crippen LogP contribution in [0, 0.1) is 5.82 Å². The molecule has 0 saturated carbocycles. The van der Waals surface area contributed by atoms with Gasteiger partial charge in [-0.25, -0.2) is 13.7 Å². The number of nitrogens with zero attached hydrogens (tertiary/aromatic N) is 3. The number of pyridine rings is 1. The molecule has 2 N–H and O–H groups in total. The normalized spacial score (nSPS) is 10.5. The Morgan fingerprint density at radius 1 is 1.67 bits per heavy atom. The summed E-state index contributed by atoms with van der Waals surface area (Å²) < 4.78 is 18.9. The van der Waals surface area contributed by atoms with Crippen LogP contribution in [0.25, 0.3) is 5.65 Å². The van der Waals surface area contributed by atoms with Crippen LogP contribution in [0.1, 0.15) is 10.4 Å². The number of hydrogen-bond acceptors (Lipinski definition) is 5. The van der Waals surface area contributed by atoms with Gasteiger partial charge < -0.3 is 10.5 Å². The standard InChI is InChI=1S/C8H7FN4O2/c1-15-7(14)4-2-6-11-8(10)12-13(6)3-5(4)9/h2-3H,1H3,(H2,10,12). The van der Waals surface area contributed by atoms with Gasteiger partial charge in [0.2, 0.25) is 5.95 Å². The molecule has 7 heteroatoms. The van der Waals surface area contributed by atoms with Crippen molar-refractivity contribution in [3.8, 4) is 0 Å². The van der Waals surface area contributed by atoms with Crippen molar-refractivity contribution in [2.24, 2.45) is 0 Å². The number of ether oxygens (including phenoxy) is 1. The molecule has 2 heterocycles. The third kappa shape index (κ3) is 1.47. The van der Waals surface area contributed by atoms with Gasteiger partial charge >= 0.3 is 5.97 Å². The maximum Gasteiger partial charge on any atom is 0.341 e. The molecule has 0 unspecified atom stereocenters. The third-order valence-corrected chi connectivity index (χ3v) is 1.85. The van der Waals surface area contributed by atoms with Gasteiger partial charge in [-0.2, -0.15) is 4.98 Å². The smallest absolute Gasteiger partial charge is 0.341 e. The molecular weight excluding hydrogens is 203 g/mol. The summed E-state index contributed by atoms with van der Waals surface area (Å²) in [5.74, 6) is -1.49. The summed E-state index contributed by atoms with van der Waals surface area (Å²) in [5, 5.41) is 3.69. The fourth-order valence-corrected chi connectivity index (χ4v) is 1.19. The minimum Gasteiger partial charge on any atom is -0.465 e. The highest BCUT2D eigenvalue weighted by Gasteiger charge is 2.14. The molecule has 2 rings (SSSR count). The molecule has 15 heavy (non-hydrogen) atoms. The number of halogens is 1. The quantitative estimate of drug-likeness (QED) is 0.681. The van der Waals surface area contributed by atoms with Crippen molar-refractivity contribution in [2.45, 2.75) is 0 Å². The van der Waals surface area contributed by atoms with Gasteiger partial charge in [-0.1, -0.05) is 0 Å². The molecule has 0 aliphatic carbocycles. The Morgan fingerprint density at radius 2 is 2.40 bits per heavy atom. The molecule has 0 amide bonds. The van der Waals surface area contributed by atoms with Crippen LogP contribution < -0.4 is 5.73 Å². The van der Waals surface area contributed by atoms with E-state index in [1.165, 1.54) is 13.2 Å². The summed E-state index contributed by atoms with van der Waals surface area (Å²) >= 11 is 0. The molecule has 0 aliphatic heterocycles. The van der Waals surface area contributed by atoms with E-state index >= 15 is 0 Å². The molecule has 6 nitrogen and oxygen atoms in total. The number of nitrogen functional groups attached to an aromatic ring is 1. The lowest BCUT2D eigenvalue weighted by Gasteiger charge is -2.00. The second kappa shape index (κ2) is 3.19. The highest BCUT2D eigenvalue weighted by molar-refractivity contribution is 5.90. The summed E-state index contributed by atoms with van der Waals surface area (Å²) in [6.45, 7) is 0. The van der Waals surface area contributed by atoms with Crippen LogP contribution in [0.15, 0.2) is 12.3 Å². The van der Waals surface area contributed by atoms with Crippen molar-refractivity contribution in [2.75, 3.05) is 12.8 Å². The van der Waals surface area contributed by atoms with Gasteiger partial charge in [0.25, 0.3) is 0 Å². The Kier molecular flexibility index (Phi) is 2.00. The highest BCUT2D eigenvalue weighted by Crippen LogP contribution is 2.12. The number of carbonyl (C=O) groups excluding carboxylic acids is 1. The Balaban J connectivity index is 2.66. The first kappa shape index (κ1) is 9.38. The fourth-order valence-electron chi connectivity index (χ4n) is 1.19. The first-order valence-electron chi connectivity index (χ1n) is 4.01. The second-order valence-electron chi connectivity index (χ2n) is 2.80. The van der Waals surface area contributed by atoms with Crippen molar-refractivity contribution >= 4 is 17.6 Å². The van der Waals surface area contributed by atoms with E-state index in [4.69, 9.17) is 5.73 Å². The maximum absolute atomic E-state index is 13.3. The molecule has 0 aromatic carbocycles. The highest BCUT2D eigenvalue weighted by atomic mass is 19.1. The van der Waals surface area contributed by atoms with Crippen LogP contribution in [0.5, 0.6) is 0 Å². The van der Waals surface area contributed by atoms with Crippen LogP contribution in [0.3, 0.4) is 0 Å². The number of esters is 1. The number of fused-ring (bicyclic) bond motifs is 1. The van der Waals surface area contributed by atoms with Crippen LogP contribution in [-0.4, -0.2) is 27.7 Å². The summed E-state index contributed by atoms with van der Waals surface area (Å²) in [6, 6.07) is 1.23. The van der Waals surface area contributed by atoms with Gasteiger partial charge in [-0.05, 0) is 0 Å². The average Bonchev–Trinajstić information content (AvgIpc) is 2.55. The zero-order valence-electron chi connectivity index (χ0n) is 7.77. The van der Waals surface area contributed by atoms with E-state index in [-0.39, 0.29) is 17.2 Å². The fraction of sp³-hybridized carbons (Fsp3) is 0.125. The Hall–Kier alpha value is -2.18. The maximum atomic E-state index is 13.3. The van der Waals surface area contributed by atoms with E-state index in [0.717, 1.165) is 10.7 Å². The van der Waals surface area contributed by atoms with E-state index in [0.29, 0.717) is 0 Å². The number of methoxy groups -OCH3 is 1. The third-order valence-electron chi connectivity index (χ3n) is 1.85. The van der Waals surface area contributed by atoms with Crippen LogP contribution in [0.2, 0.25) is 0 Å². The van der Waals surface area contributed by atoms with Crippen LogP contribution in [0.4, 0.5) is 10.3 Å². The van der Waals surface area contributed by atoms with E-state index in [2.05, 4.69) is 14.8 Å². The predicted octanol–water partition coefficient (Wildman–Crippen LogP) is 0.237. The molecule has 0 atom stereocenters. The zero-order chi connectivity index (χ0) is 11.0.